The fraction of sp³-hybridized carbons (Fsp3) is 0.370. The summed E-state index contributed by atoms with van der Waals surface area (Å²) in [6.07, 6.45) is -0.348. The van der Waals surface area contributed by atoms with Gasteiger partial charge in [-0.1, -0.05) is 38.0 Å². The van der Waals surface area contributed by atoms with Crippen molar-refractivity contribution >= 4 is 27.9 Å². The van der Waals surface area contributed by atoms with Crippen LogP contribution in [-0.4, -0.2) is 66.0 Å². The zero-order valence-electron chi connectivity index (χ0n) is 22.4. The number of rotatable bonds is 14. The normalized spacial score (nSPS) is 14.5. The van der Waals surface area contributed by atoms with Gasteiger partial charge in [-0.15, -0.1) is 0 Å². The Morgan fingerprint density at radius 3 is 2.20 bits per heavy atom. The maximum absolute atomic E-state index is 13.9. The van der Waals surface area contributed by atoms with Gasteiger partial charge in [0.1, 0.15) is 30.1 Å². The number of benzene rings is 2. The molecule has 5 N–H and O–H groups in total. The number of halogens is 2. The topological polar surface area (TPSA) is 171 Å². The maximum Gasteiger partial charge on any atom is 0.309 e. The number of hydrogen-bond donors (Lipinski definition) is 5. The van der Waals surface area contributed by atoms with Gasteiger partial charge in [0, 0.05) is 11.6 Å². The second kappa shape index (κ2) is 14.1. The summed E-state index contributed by atoms with van der Waals surface area (Å²) in [5, 5.41) is 27.6. The summed E-state index contributed by atoms with van der Waals surface area (Å²) >= 11 is 0. The highest BCUT2D eigenvalue weighted by atomic mass is 32.2. The van der Waals surface area contributed by atoms with Crippen LogP contribution in [0.2, 0.25) is 0 Å². The van der Waals surface area contributed by atoms with Crippen LogP contribution in [0.4, 0.5) is 14.8 Å². The Morgan fingerprint density at radius 1 is 0.976 bits per heavy atom. The van der Waals surface area contributed by atoms with Gasteiger partial charge in [-0.05, 0) is 42.7 Å². The lowest BCUT2D eigenvalue weighted by molar-refractivity contribution is -0.0238. The summed E-state index contributed by atoms with van der Waals surface area (Å²) in [5.41, 5.74) is 0.0329. The third kappa shape index (κ3) is 9.62. The van der Waals surface area contributed by atoms with E-state index < -0.39 is 63.8 Å². The molecule has 0 saturated carbocycles. The summed E-state index contributed by atoms with van der Waals surface area (Å²) in [7, 11) is -3.75. The Bertz CT molecular complexity index is 1420. The number of aliphatic hydroxyl groups excluding tert-OH is 2. The van der Waals surface area contributed by atoms with Gasteiger partial charge >= 0.3 is 6.01 Å². The minimum Gasteiger partial charge on any atom is -0.431 e. The molecule has 0 saturated heterocycles. The van der Waals surface area contributed by atoms with Crippen molar-refractivity contribution in [2.75, 3.05) is 11.0 Å². The van der Waals surface area contributed by atoms with Crippen molar-refractivity contribution in [2.45, 2.75) is 56.9 Å². The van der Waals surface area contributed by atoms with E-state index in [-0.39, 0.29) is 24.1 Å². The Kier molecular flexibility index (Phi) is 10.9. The first-order valence-corrected chi connectivity index (χ1v) is 14.7. The fourth-order valence-electron chi connectivity index (χ4n) is 4.14. The number of hydrogen-bond acceptors (Lipinski definition) is 8. The van der Waals surface area contributed by atoms with Crippen molar-refractivity contribution in [1.29, 1.82) is 0 Å². The predicted molar refractivity (Wildman–Crippen MR) is 146 cm³/mol. The zero-order valence-corrected chi connectivity index (χ0v) is 23.2. The molecule has 1 heterocycles. The standard InChI is InChI=1S/C27H32F2N4O7S/c1-3-4-10-20(30-25(36)17-8-6-5-7-9-17)23(34)24(35)21(13-16-11-18(28)14-19(29)12-16)31-26(37)22-15-40-27(32-22)33-41(2,38)39/h5-9,11-12,14-15,20-21,23-24,34-35H,3-4,10,13H2,1-2H3,(H,30,36)(H,31,37)(H,32,33)/t20-,21+,23-,24-/m1/s1. The molecule has 41 heavy (non-hydrogen) atoms. The van der Waals surface area contributed by atoms with E-state index in [1.54, 1.807) is 30.3 Å². The number of nitrogens with one attached hydrogen (secondary N) is 3. The van der Waals surface area contributed by atoms with Crippen LogP contribution in [0.3, 0.4) is 0 Å². The van der Waals surface area contributed by atoms with Gasteiger partial charge in [-0.3, -0.25) is 9.59 Å². The summed E-state index contributed by atoms with van der Waals surface area (Å²) in [6.45, 7) is 1.91. The number of anilines is 1. The van der Waals surface area contributed by atoms with Crippen molar-refractivity contribution in [1.82, 2.24) is 15.6 Å². The lowest BCUT2D eigenvalue weighted by Crippen LogP contribution is -2.56. The molecule has 1 aromatic heterocycles. The number of aromatic nitrogens is 1. The van der Waals surface area contributed by atoms with Crippen LogP contribution in [0, 0.1) is 11.6 Å². The first-order chi connectivity index (χ1) is 19.4. The van der Waals surface area contributed by atoms with Gasteiger partial charge in [0.05, 0.1) is 18.3 Å². The first-order valence-electron chi connectivity index (χ1n) is 12.8. The second-order valence-electron chi connectivity index (χ2n) is 9.54. The van der Waals surface area contributed by atoms with Gasteiger partial charge in [0.2, 0.25) is 10.0 Å². The molecular formula is C27H32F2N4O7S. The van der Waals surface area contributed by atoms with E-state index in [2.05, 4.69) is 15.6 Å². The van der Waals surface area contributed by atoms with E-state index in [9.17, 15) is 37.0 Å². The molecule has 0 spiro atoms. The van der Waals surface area contributed by atoms with Gasteiger partial charge in [-0.2, -0.15) is 4.98 Å². The highest BCUT2D eigenvalue weighted by Gasteiger charge is 2.35. The van der Waals surface area contributed by atoms with Crippen LogP contribution in [0.15, 0.2) is 59.2 Å². The molecule has 0 radical (unpaired) electrons. The Hall–Kier alpha value is -3.88. The third-order valence-electron chi connectivity index (χ3n) is 6.10. The number of nitrogens with zero attached hydrogens (tertiary/aromatic N) is 1. The number of carbonyl (C=O) groups excluding carboxylic acids is 2. The van der Waals surface area contributed by atoms with E-state index in [0.717, 1.165) is 31.1 Å². The largest absolute Gasteiger partial charge is 0.431 e. The van der Waals surface area contributed by atoms with Crippen molar-refractivity contribution in [3.8, 4) is 0 Å². The average molecular weight is 595 g/mol. The summed E-state index contributed by atoms with van der Waals surface area (Å²) in [5.74, 6) is -3.19. The number of aliphatic hydroxyl groups is 2. The van der Waals surface area contributed by atoms with Crippen LogP contribution in [0.5, 0.6) is 0 Å². The quantitative estimate of drug-likeness (QED) is 0.189. The van der Waals surface area contributed by atoms with Crippen molar-refractivity contribution in [2.24, 2.45) is 0 Å². The molecule has 11 nitrogen and oxygen atoms in total. The van der Waals surface area contributed by atoms with Crippen LogP contribution in [-0.2, 0) is 16.4 Å². The van der Waals surface area contributed by atoms with Crippen LogP contribution in [0.1, 0.15) is 52.6 Å². The Morgan fingerprint density at radius 2 is 1.59 bits per heavy atom. The van der Waals surface area contributed by atoms with E-state index in [1.165, 1.54) is 0 Å². The Balaban J connectivity index is 1.87. The molecule has 0 aliphatic heterocycles. The fourth-order valence-corrected chi connectivity index (χ4v) is 4.55. The smallest absolute Gasteiger partial charge is 0.309 e. The Labute approximate surface area is 236 Å². The van der Waals surface area contributed by atoms with E-state index in [1.807, 2.05) is 11.6 Å². The summed E-state index contributed by atoms with van der Waals surface area (Å²) in [6, 6.07) is 8.17. The number of amides is 2. The molecule has 0 unspecified atom stereocenters. The SMILES string of the molecule is CCCC[C@@H](NC(=O)c1ccccc1)[C@@H](O)[C@H](O)[C@H](Cc1cc(F)cc(F)c1)NC(=O)c1coc(NS(C)(=O)=O)n1. The van der Waals surface area contributed by atoms with Gasteiger partial charge in [-0.25, -0.2) is 21.9 Å². The minimum absolute atomic E-state index is 0.0667. The van der Waals surface area contributed by atoms with E-state index in [4.69, 9.17) is 4.42 Å². The minimum atomic E-state index is -3.75. The molecular weight excluding hydrogens is 562 g/mol. The zero-order chi connectivity index (χ0) is 30.2. The lowest BCUT2D eigenvalue weighted by Gasteiger charge is -2.33. The van der Waals surface area contributed by atoms with Crippen molar-refractivity contribution in [3.05, 3.63) is 83.2 Å². The predicted octanol–water partition coefficient (Wildman–Crippen LogP) is 2.38. The molecule has 0 bridgehead atoms. The molecule has 0 aliphatic rings. The van der Waals surface area contributed by atoms with Crippen molar-refractivity contribution in [3.63, 3.8) is 0 Å². The molecule has 3 rings (SSSR count). The summed E-state index contributed by atoms with van der Waals surface area (Å²) in [4.78, 5) is 29.5. The number of carbonyl (C=O) groups is 2. The molecule has 3 aromatic rings. The number of sulfonamides is 1. The maximum atomic E-state index is 13.9. The van der Waals surface area contributed by atoms with Crippen LogP contribution in [0.25, 0.3) is 0 Å². The van der Waals surface area contributed by atoms with Gasteiger partial charge < -0.3 is 25.3 Å². The third-order valence-corrected chi connectivity index (χ3v) is 6.64. The van der Waals surface area contributed by atoms with Crippen molar-refractivity contribution < 1.29 is 41.4 Å². The lowest BCUT2D eigenvalue weighted by atomic mass is 9.91. The monoisotopic (exact) mass is 594 g/mol. The average Bonchev–Trinajstić information content (AvgIpc) is 3.36. The first kappa shape index (κ1) is 31.6. The van der Waals surface area contributed by atoms with Crippen LogP contribution < -0.4 is 15.4 Å². The van der Waals surface area contributed by atoms with E-state index >= 15 is 0 Å². The summed E-state index contributed by atoms with van der Waals surface area (Å²) < 4.78 is 57.6. The number of unbranched alkanes of at least 4 members (excludes halogenated alkanes) is 1. The molecule has 2 aromatic carbocycles. The van der Waals surface area contributed by atoms with Gasteiger partial charge in [0.25, 0.3) is 11.8 Å². The number of oxazole rings is 1. The van der Waals surface area contributed by atoms with E-state index in [0.29, 0.717) is 18.1 Å². The molecule has 0 aliphatic carbocycles. The molecule has 0 fully saturated rings. The highest BCUT2D eigenvalue weighted by Crippen LogP contribution is 2.18. The molecule has 2 amide bonds. The van der Waals surface area contributed by atoms with Crippen LogP contribution >= 0.6 is 0 Å². The molecule has 14 heteroatoms. The van der Waals surface area contributed by atoms with Gasteiger partial charge in [0.15, 0.2) is 5.69 Å². The molecule has 4 atom stereocenters. The second-order valence-corrected chi connectivity index (χ2v) is 11.3. The highest BCUT2D eigenvalue weighted by molar-refractivity contribution is 7.91. The molecule has 222 valence electrons.